The molecule has 0 unspecified atom stereocenters. The molecule has 1 amide bonds. The highest BCUT2D eigenvalue weighted by atomic mass is 35.5. The molecule has 1 aromatic heterocycles. The molecule has 3 heterocycles. The summed E-state index contributed by atoms with van der Waals surface area (Å²) in [4.78, 5) is 16.4. The molecule has 1 saturated carbocycles. The Morgan fingerprint density at radius 3 is 2.57 bits per heavy atom. The van der Waals surface area contributed by atoms with Crippen LogP contribution in [0.5, 0.6) is 0 Å². The molecule has 10 nitrogen and oxygen atoms in total. The summed E-state index contributed by atoms with van der Waals surface area (Å²) >= 11 is 8.01. The van der Waals surface area contributed by atoms with E-state index in [-0.39, 0.29) is 17.4 Å². The van der Waals surface area contributed by atoms with Crippen LogP contribution in [-0.2, 0) is 27.9 Å². The molecule has 3 aliphatic rings. The largest absolute Gasteiger partial charge is 0.412 e. The average molecular weight is 568 g/mol. The van der Waals surface area contributed by atoms with Gasteiger partial charge in [-0.15, -0.1) is 0 Å². The van der Waals surface area contributed by atoms with E-state index in [1.165, 1.54) is 10.1 Å². The third kappa shape index (κ3) is 7.17. The number of nitrogens with zero attached hydrogens (tertiary/aromatic N) is 3. The predicted molar refractivity (Wildman–Crippen MR) is 147 cm³/mol. The van der Waals surface area contributed by atoms with Crippen LogP contribution in [0.2, 0.25) is 5.02 Å². The zero-order valence-corrected chi connectivity index (χ0v) is 22.5. The van der Waals surface area contributed by atoms with E-state index in [1.807, 2.05) is 10.8 Å². The lowest BCUT2D eigenvalue weighted by Gasteiger charge is -2.35. The number of carbonyl (C=O) groups is 1. The van der Waals surface area contributed by atoms with Crippen molar-refractivity contribution in [3.63, 3.8) is 0 Å². The van der Waals surface area contributed by atoms with E-state index in [4.69, 9.17) is 16.2 Å². The number of halogens is 1. The molecule has 13 heteroatoms. The summed E-state index contributed by atoms with van der Waals surface area (Å²) in [5.41, 5.74) is 3.05. The van der Waals surface area contributed by atoms with Gasteiger partial charge in [0, 0.05) is 54.9 Å². The minimum absolute atomic E-state index is 0. The molecule has 2 aromatic carbocycles. The summed E-state index contributed by atoms with van der Waals surface area (Å²) in [6.45, 7) is 5.00. The minimum Gasteiger partial charge on any atom is -0.412 e. The molecule has 2 aliphatic heterocycles. The Labute approximate surface area is 225 Å². The third-order valence-corrected chi connectivity index (χ3v) is 8.32. The molecule has 0 bridgehead atoms. The Bertz CT molecular complexity index is 1370. The summed E-state index contributed by atoms with van der Waals surface area (Å²) in [5.74, 6) is 1.17. The Morgan fingerprint density at radius 2 is 1.89 bits per heavy atom. The van der Waals surface area contributed by atoms with E-state index in [0.717, 1.165) is 79.6 Å². The molecule has 6 rings (SSSR count). The standard InChI is InChI=1S/C21H21ClN4OS.C3H7NO3S.H2O/c22-17-13-18-15(12-20(27)23-18)11-14(17)5-6-25-7-9-26(10-8-25)21-16-3-1-2-4-19(16)28-24-21;5-8(6,7)4-3-1-2-3;/h1-4,11,13H,5-10,12H2,(H,23,27);3-4H,1-2H2,(H,5,6,7);1H2. The first-order valence-corrected chi connectivity index (χ1v) is 14.5. The fraction of sp³-hybridized carbons (Fsp3) is 0.417. The van der Waals surface area contributed by atoms with E-state index in [9.17, 15) is 13.2 Å². The van der Waals surface area contributed by atoms with Crippen LogP contribution in [0.25, 0.3) is 10.1 Å². The van der Waals surface area contributed by atoms with Crippen molar-refractivity contribution in [1.29, 1.82) is 0 Å². The Kier molecular flexibility index (Phi) is 8.69. The van der Waals surface area contributed by atoms with Crippen molar-refractivity contribution in [2.45, 2.75) is 31.7 Å². The summed E-state index contributed by atoms with van der Waals surface area (Å²) < 4.78 is 35.9. The van der Waals surface area contributed by atoms with Crippen LogP contribution in [0.4, 0.5) is 11.5 Å². The maximum absolute atomic E-state index is 11.6. The number of anilines is 2. The Balaban J connectivity index is 0.000000307. The summed E-state index contributed by atoms with van der Waals surface area (Å²) in [5, 5.41) is 4.86. The van der Waals surface area contributed by atoms with Gasteiger partial charge < -0.3 is 15.7 Å². The molecule has 200 valence electrons. The zero-order chi connectivity index (χ0) is 25.3. The molecule has 0 radical (unpaired) electrons. The van der Waals surface area contributed by atoms with Gasteiger partial charge in [-0.25, -0.2) is 0 Å². The number of amides is 1. The van der Waals surface area contributed by atoms with E-state index in [0.29, 0.717) is 6.42 Å². The molecule has 0 atom stereocenters. The highest BCUT2D eigenvalue weighted by Gasteiger charge is 2.25. The molecule has 1 aliphatic carbocycles. The van der Waals surface area contributed by atoms with E-state index >= 15 is 0 Å². The van der Waals surface area contributed by atoms with Gasteiger partial charge in [0.1, 0.15) is 5.82 Å². The number of rotatable bonds is 6. The first kappa shape index (κ1) is 27.7. The third-order valence-electron chi connectivity index (χ3n) is 6.52. The van der Waals surface area contributed by atoms with Gasteiger partial charge in [0.2, 0.25) is 5.91 Å². The van der Waals surface area contributed by atoms with Crippen LogP contribution in [0.3, 0.4) is 0 Å². The van der Waals surface area contributed by atoms with Crippen molar-refractivity contribution in [2.75, 3.05) is 42.9 Å². The summed E-state index contributed by atoms with van der Waals surface area (Å²) in [7, 11) is -3.91. The van der Waals surface area contributed by atoms with Gasteiger partial charge in [0.05, 0.1) is 11.1 Å². The molecule has 37 heavy (non-hydrogen) atoms. The number of carbonyl (C=O) groups excluding carboxylic acids is 1. The normalized spacial score (nSPS) is 17.6. The molecule has 5 N–H and O–H groups in total. The topological polar surface area (TPSA) is 146 Å². The van der Waals surface area contributed by atoms with Crippen LogP contribution in [0, 0.1) is 0 Å². The van der Waals surface area contributed by atoms with Crippen LogP contribution in [-0.4, -0.2) is 72.4 Å². The fourth-order valence-corrected chi connectivity index (χ4v) is 6.18. The monoisotopic (exact) mass is 567 g/mol. The molecule has 0 spiro atoms. The Hall–Kier alpha value is -2.32. The van der Waals surface area contributed by atoms with Gasteiger partial charge in [-0.05, 0) is 60.1 Å². The number of nitrogens with one attached hydrogen (secondary N) is 2. The van der Waals surface area contributed by atoms with Gasteiger partial charge in [-0.1, -0.05) is 29.8 Å². The molecular weight excluding hydrogens is 538 g/mol. The van der Waals surface area contributed by atoms with Gasteiger partial charge in [0.15, 0.2) is 0 Å². The fourth-order valence-electron chi connectivity index (χ4n) is 4.46. The van der Waals surface area contributed by atoms with Crippen LogP contribution >= 0.6 is 23.1 Å². The second-order valence-corrected chi connectivity index (χ2v) is 11.7. The lowest BCUT2D eigenvalue weighted by atomic mass is 10.1. The second kappa shape index (κ2) is 11.6. The molecular formula is C24H30ClN5O5S2. The number of hydrogen-bond donors (Lipinski definition) is 3. The highest BCUT2D eigenvalue weighted by molar-refractivity contribution is 7.83. The molecule has 1 saturated heterocycles. The van der Waals surface area contributed by atoms with Crippen molar-refractivity contribution in [3.05, 3.63) is 52.5 Å². The maximum atomic E-state index is 11.6. The van der Waals surface area contributed by atoms with Crippen molar-refractivity contribution < 1.29 is 23.2 Å². The quantitative estimate of drug-likeness (QED) is 0.388. The lowest BCUT2D eigenvalue weighted by Crippen LogP contribution is -2.47. The van der Waals surface area contributed by atoms with E-state index < -0.39 is 10.3 Å². The van der Waals surface area contributed by atoms with E-state index in [2.05, 4.69) is 49.8 Å². The first-order valence-electron chi connectivity index (χ1n) is 11.9. The number of aromatic nitrogens is 1. The van der Waals surface area contributed by atoms with Crippen LogP contribution < -0.4 is 14.9 Å². The van der Waals surface area contributed by atoms with Crippen molar-refractivity contribution >= 4 is 60.9 Å². The Morgan fingerprint density at radius 1 is 1.16 bits per heavy atom. The SMILES string of the molecule is O.O=C1Cc2cc(CCN3CCN(c4nsc5ccccc45)CC3)c(Cl)cc2N1.O=S(=O)(O)NC1CC1. The van der Waals surface area contributed by atoms with Gasteiger partial charge in [0.25, 0.3) is 0 Å². The van der Waals surface area contributed by atoms with Crippen LogP contribution in [0.15, 0.2) is 36.4 Å². The van der Waals surface area contributed by atoms with Crippen molar-refractivity contribution in [1.82, 2.24) is 14.0 Å². The number of benzene rings is 2. The van der Waals surface area contributed by atoms with Gasteiger partial charge >= 0.3 is 10.3 Å². The van der Waals surface area contributed by atoms with Gasteiger partial charge in [-0.2, -0.15) is 17.5 Å². The second-order valence-electron chi connectivity index (χ2n) is 9.27. The smallest absolute Gasteiger partial charge is 0.333 e. The number of hydrogen-bond acceptors (Lipinski definition) is 7. The van der Waals surface area contributed by atoms with E-state index in [1.54, 1.807) is 11.5 Å². The summed E-state index contributed by atoms with van der Waals surface area (Å²) in [6, 6.07) is 12.4. The predicted octanol–water partition coefficient (Wildman–Crippen LogP) is 2.53. The zero-order valence-electron chi connectivity index (χ0n) is 20.1. The number of fused-ring (bicyclic) bond motifs is 2. The minimum atomic E-state index is -3.91. The maximum Gasteiger partial charge on any atom is 0.333 e. The summed E-state index contributed by atoms with van der Waals surface area (Å²) in [6.07, 6.45) is 3.05. The molecule has 3 aromatic rings. The van der Waals surface area contributed by atoms with Gasteiger partial charge in [-0.3, -0.25) is 14.2 Å². The lowest BCUT2D eigenvalue weighted by molar-refractivity contribution is -0.115. The highest BCUT2D eigenvalue weighted by Crippen LogP contribution is 2.31. The van der Waals surface area contributed by atoms with Crippen molar-refractivity contribution in [2.24, 2.45) is 0 Å². The van der Waals surface area contributed by atoms with Crippen molar-refractivity contribution in [3.8, 4) is 0 Å². The van der Waals surface area contributed by atoms with Crippen LogP contribution in [0.1, 0.15) is 24.0 Å². The molecule has 2 fully saturated rings. The first-order chi connectivity index (χ1) is 17.2. The number of piperazine rings is 1. The average Bonchev–Trinajstić information content (AvgIpc) is 3.40.